The van der Waals surface area contributed by atoms with Crippen molar-refractivity contribution in [2.24, 2.45) is 11.8 Å². The number of ether oxygens (including phenoxy) is 1. The summed E-state index contributed by atoms with van der Waals surface area (Å²) in [5.41, 5.74) is 0.409. The van der Waals surface area contributed by atoms with Crippen molar-refractivity contribution in [1.29, 1.82) is 0 Å². The van der Waals surface area contributed by atoms with E-state index in [1.807, 2.05) is 0 Å². The first kappa shape index (κ1) is 24.5. The first-order valence-corrected chi connectivity index (χ1v) is 11.8. The highest BCUT2D eigenvalue weighted by atomic mass is 16.5. The third kappa shape index (κ3) is 6.19. The lowest BCUT2D eigenvalue weighted by atomic mass is 9.91. The summed E-state index contributed by atoms with van der Waals surface area (Å²) in [6, 6.07) is 0.177. The van der Waals surface area contributed by atoms with Crippen LogP contribution < -0.4 is 10.6 Å². The standard InChI is InChI=1S/C24H37N3O5/c1-15(2)16(3)7-8-19(25-23(29)18-9-12-31-17(18)4)24(30)26-22-20(28)14-32-21(22)13-27-10-5-6-11-27/h9,12,15-16,19,21-22H,5-8,10-11,13-14H2,1-4H3,(H,25,29)(H,26,30). The molecule has 0 aromatic carbocycles. The van der Waals surface area contributed by atoms with E-state index in [-0.39, 0.29) is 30.3 Å². The molecule has 0 radical (unpaired) electrons. The predicted octanol–water partition coefficient (Wildman–Crippen LogP) is 2.31. The number of furan rings is 1. The molecule has 2 fully saturated rings. The maximum Gasteiger partial charge on any atom is 0.255 e. The predicted molar refractivity (Wildman–Crippen MR) is 120 cm³/mol. The minimum absolute atomic E-state index is 0.0130. The molecule has 0 bridgehead atoms. The topological polar surface area (TPSA) is 101 Å². The van der Waals surface area contributed by atoms with E-state index in [1.54, 1.807) is 13.0 Å². The fraction of sp³-hybridized carbons (Fsp3) is 0.708. The van der Waals surface area contributed by atoms with Gasteiger partial charge >= 0.3 is 0 Å². The van der Waals surface area contributed by atoms with Crippen LogP contribution in [0.1, 0.15) is 62.6 Å². The summed E-state index contributed by atoms with van der Waals surface area (Å²) in [5, 5.41) is 5.75. The summed E-state index contributed by atoms with van der Waals surface area (Å²) in [5.74, 6) is 0.565. The van der Waals surface area contributed by atoms with Crippen molar-refractivity contribution >= 4 is 17.6 Å². The molecule has 2 aliphatic heterocycles. The van der Waals surface area contributed by atoms with E-state index in [4.69, 9.17) is 9.15 Å². The zero-order valence-corrected chi connectivity index (χ0v) is 19.7. The quantitative estimate of drug-likeness (QED) is 0.571. The molecule has 178 valence electrons. The van der Waals surface area contributed by atoms with Crippen molar-refractivity contribution in [2.75, 3.05) is 26.2 Å². The molecular formula is C24H37N3O5. The number of nitrogens with zero attached hydrogens (tertiary/aromatic N) is 1. The SMILES string of the molecule is Cc1occc1C(=O)NC(CCC(C)C(C)C)C(=O)NC1C(=O)COC1CN1CCCC1. The van der Waals surface area contributed by atoms with E-state index in [0.717, 1.165) is 32.4 Å². The maximum absolute atomic E-state index is 13.2. The lowest BCUT2D eigenvalue weighted by molar-refractivity contribution is -0.127. The van der Waals surface area contributed by atoms with Gasteiger partial charge < -0.3 is 24.7 Å². The number of Topliss-reactive ketones (excluding diaryl/α,β-unsaturated/α-hetero) is 1. The van der Waals surface area contributed by atoms with E-state index in [0.29, 0.717) is 36.1 Å². The number of carbonyl (C=O) groups is 3. The highest BCUT2D eigenvalue weighted by Gasteiger charge is 2.39. The smallest absolute Gasteiger partial charge is 0.255 e. The Bertz CT molecular complexity index is 799. The number of amides is 2. The van der Waals surface area contributed by atoms with Gasteiger partial charge in [0.05, 0.1) is 17.9 Å². The van der Waals surface area contributed by atoms with E-state index in [2.05, 4.69) is 36.3 Å². The molecule has 1 aromatic rings. The number of hydrogen-bond donors (Lipinski definition) is 2. The molecule has 4 atom stereocenters. The maximum atomic E-state index is 13.2. The van der Waals surface area contributed by atoms with Gasteiger partial charge in [0.25, 0.3) is 5.91 Å². The number of aryl methyl sites for hydroxylation is 1. The average molecular weight is 448 g/mol. The Morgan fingerprint density at radius 1 is 1.19 bits per heavy atom. The van der Waals surface area contributed by atoms with Crippen LogP contribution in [0.2, 0.25) is 0 Å². The van der Waals surface area contributed by atoms with Crippen LogP contribution in [0.5, 0.6) is 0 Å². The highest BCUT2D eigenvalue weighted by Crippen LogP contribution is 2.19. The number of rotatable bonds is 10. The van der Waals surface area contributed by atoms with Crippen LogP contribution in [-0.2, 0) is 14.3 Å². The molecule has 2 amide bonds. The van der Waals surface area contributed by atoms with Gasteiger partial charge in [-0.25, -0.2) is 0 Å². The molecule has 2 saturated heterocycles. The molecule has 32 heavy (non-hydrogen) atoms. The second-order valence-corrected chi connectivity index (χ2v) is 9.52. The monoisotopic (exact) mass is 447 g/mol. The molecule has 0 spiro atoms. The van der Waals surface area contributed by atoms with Gasteiger partial charge in [0, 0.05) is 6.54 Å². The van der Waals surface area contributed by atoms with Gasteiger partial charge in [0.15, 0.2) is 5.78 Å². The van der Waals surface area contributed by atoms with Crippen LogP contribution in [-0.4, -0.2) is 66.9 Å². The second-order valence-electron chi connectivity index (χ2n) is 9.52. The normalized spacial score (nSPS) is 23.5. The fourth-order valence-electron chi connectivity index (χ4n) is 4.28. The number of nitrogens with one attached hydrogen (secondary N) is 2. The van der Waals surface area contributed by atoms with E-state index in [9.17, 15) is 14.4 Å². The summed E-state index contributed by atoms with van der Waals surface area (Å²) >= 11 is 0. The zero-order valence-electron chi connectivity index (χ0n) is 19.7. The summed E-state index contributed by atoms with van der Waals surface area (Å²) in [6.07, 6.45) is 4.67. The Morgan fingerprint density at radius 3 is 2.53 bits per heavy atom. The molecule has 2 aliphatic rings. The van der Waals surface area contributed by atoms with Gasteiger partial charge in [0.1, 0.15) is 24.5 Å². The van der Waals surface area contributed by atoms with Crippen molar-refractivity contribution in [3.05, 3.63) is 23.7 Å². The van der Waals surface area contributed by atoms with E-state index >= 15 is 0 Å². The van der Waals surface area contributed by atoms with Gasteiger partial charge in [-0.3, -0.25) is 14.4 Å². The minimum Gasteiger partial charge on any atom is -0.469 e. The Morgan fingerprint density at radius 2 is 1.91 bits per heavy atom. The van der Waals surface area contributed by atoms with Gasteiger partial charge in [-0.05, 0) is 63.6 Å². The number of carbonyl (C=O) groups excluding carboxylic acids is 3. The molecule has 1 aromatic heterocycles. The molecule has 3 heterocycles. The Labute approximate surface area is 190 Å². The molecule has 4 unspecified atom stereocenters. The molecule has 0 saturated carbocycles. The van der Waals surface area contributed by atoms with Crippen LogP contribution >= 0.6 is 0 Å². The van der Waals surface area contributed by atoms with Crippen LogP contribution in [0.4, 0.5) is 0 Å². The summed E-state index contributed by atoms with van der Waals surface area (Å²) < 4.78 is 10.9. The Hall–Kier alpha value is -2.19. The van der Waals surface area contributed by atoms with Crippen molar-refractivity contribution < 1.29 is 23.5 Å². The van der Waals surface area contributed by atoms with E-state index < -0.39 is 12.1 Å². The zero-order chi connectivity index (χ0) is 23.3. The Kier molecular flexibility index (Phi) is 8.48. The van der Waals surface area contributed by atoms with Crippen molar-refractivity contribution in [3.8, 4) is 0 Å². The Balaban J connectivity index is 1.67. The highest BCUT2D eigenvalue weighted by molar-refractivity contribution is 5.99. The van der Waals surface area contributed by atoms with Gasteiger partial charge in [-0.1, -0.05) is 20.8 Å². The third-order valence-electron chi connectivity index (χ3n) is 6.87. The first-order chi connectivity index (χ1) is 15.3. The van der Waals surface area contributed by atoms with Gasteiger partial charge in [-0.15, -0.1) is 0 Å². The van der Waals surface area contributed by atoms with Crippen molar-refractivity contribution in [3.63, 3.8) is 0 Å². The van der Waals surface area contributed by atoms with Crippen LogP contribution in [0.15, 0.2) is 16.7 Å². The third-order valence-corrected chi connectivity index (χ3v) is 6.87. The van der Waals surface area contributed by atoms with Gasteiger partial charge in [0.2, 0.25) is 5.91 Å². The number of likely N-dealkylation sites (tertiary alicyclic amines) is 1. The van der Waals surface area contributed by atoms with E-state index in [1.165, 1.54) is 6.26 Å². The van der Waals surface area contributed by atoms with Crippen LogP contribution in [0.25, 0.3) is 0 Å². The van der Waals surface area contributed by atoms with Crippen LogP contribution in [0, 0.1) is 18.8 Å². The molecule has 3 rings (SSSR count). The lowest BCUT2D eigenvalue weighted by Crippen LogP contribution is -2.55. The second kappa shape index (κ2) is 11.1. The summed E-state index contributed by atoms with van der Waals surface area (Å²) in [4.78, 5) is 40.7. The van der Waals surface area contributed by atoms with Crippen LogP contribution in [0.3, 0.4) is 0 Å². The minimum atomic E-state index is -0.737. The molecule has 0 aliphatic carbocycles. The van der Waals surface area contributed by atoms with Crippen molar-refractivity contribution in [2.45, 2.75) is 71.6 Å². The molecule has 8 heteroatoms. The fourth-order valence-corrected chi connectivity index (χ4v) is 4.28. The summed E-state index contributed by atoms with van der Waals surface area (Å²) in [7, 11) is 0. The largest absolute Gasteiger partial charge is 0.469 e. The first-order valence-electron chi connectivity index (χ1n) is 11.8. The molecule has 2 N–H and O–H groups in total. The molecule has 8 nitrogen and oxygen atoms in total. The lowest BCUT2D eigenvalue weighted by Gasteiger charge is -2.26. The van der Waals surface area contributed by atoms with Gasteiger partial charge in [-0.2, -0.15) is 0 Å². The average Bonchev–Trinajstić information content (AvgIpc) is 3.49. The summed E-state index contributed by atoms with van der Waals surface area (Å²) in [6.45, 7) is 10.8. The number of ketones is 1. The number of hydrogen-bond acceptors (Lipinski definition) is 6. The molecular weight excluding hydrogens is 410 g/mol. The van der Waals surface area contributed by atoms with Crippen molar-refractivity contribution in [1.82, 2.24) is 15.5 Å².